The number of hydrogen-bond acceptors (Lipinski definition) is 5. The molecule has 0 radical (unpaired) electrons. The molecule has 0 spiro atoms. The molecule has 0 atom stereocenters. The third-order valence-electron chi connectivity index (χ3n) is 2.15. The summed E-state index contributed by atoms with van der Waals surface area (Å²) in [7, 11) is 0. The van der Waals surface area contributed by atoms with E-state index < -0.39 is 5.97 Å². The van der Waals surface area contributed by atoms with Crippen molar-refractivity contribution in [1.82, 2.24) is 10.1 Å². The SMILES string of the molecule is CCOC(=O)c1cc(-c2cncc(C)c2)on1. The minimum atomic E-state index is -0.483. The van der Waals surface area contributed by atoms with Crippen LogP contribution < -0.4 is 0 Å². The van der Waals surface area contributed by atoms with Gasteiger partial charge in [-0.25, -0.2) is 4.79 Å². The molecule has 0 fully saturated rings. The molecule has 5 nitrogen and oxygen atoms in total. The summed E-state index contributed by atoms with van der Waals surface area (Å²) >= 11 is 0. The molecule has 2 aromatic heterocycles. The first-order chi connectivity index (χ1) is 8.20. The summed E-state index contributed by atoms with van der Waals surface area (Å²) in [5.41, 5.74) is 1.97. The summed E-state index contributed by atoms with van der Waals surface area (Å²) in [6, 6.07) is 3.46. The van der Waals surface area contributed by atoms with Crippen molar-refractivity contribution in [1.29, 1.82) is 0 Å². The van der Waals surface area contributed by atoms with E-state index in [1.165, 1.54) is 0 Å². The lowest BCUT2D eigenvalue weighted by atomic mass is 10.2. The van der Waals surface area contributed by atoms with Crippen LogP contribution in [0.2, 0.25) is 0 Å². The smallest absolute Gasteiger partial charge is 0.360 e. The van der Waals surface area contributed by atoms with Crippen molar-refractivity contribution in [2.75, 3.05) is 6.61 Å². The summed E-state index contributed by atoms with van der Waals surface area (Å²) in [5, 5.41) is 3.66. The predicted octanol–water partition coefficient (Wildman–Crippen LogP) is 2.22. The number of esters is 1. The Morgan fingerprint density at radius 3 is 2.94 bits per heavy atom. The van der Waals surface area contributed by atoms with Crippen molar-refractivity contribution in [2.45, 2.75) is 13.8 Å². The molecule has 0 amide bonds. The number of aryl methyl sites for hydroxylation is 1. The quantitative estimate of drug-likeness (QED) is 0.759. The van der Waals surface area contributed by atoms with Crippen LogP contribution in [0.1, 0.15) is 23.0 Å². The summed E-state index contributed by atoms with van der Waals surface area (Å²) in [4.78, 5) is 15.4. The number of nitrogens with zero attached hydrogens (tertiary/aromatic N) is 2. The molecular weight excluding hydrogens is 220 g/mol. The third kappa shape index (κ3) is 2.50. The summed E-state index contributed by atoms with van der Waals surface area (Å²) < 4.78 is 9.91. The molecule has 0 saturated carbocycles. The van der Waals surface area contributed by atoms with E-state index in [2.05, 4.69) is 10.1 Å². The van der Waals surface area contributed by atoms with Crippen LogP contribution >= 0.6 is 0 Å². The first-order valence-electron chi connectivity index (χ1n) is 5.26. The Kier molecular flexibility index (Phi) is 3.18. The van der Waals surface area contributed by atoms with E-state index in [1.807, 2.05) is 13.0 Å². The first-order valence-corrected chi connectivity index (χ1v) is 5.26. The van der Waals surface area contributed by atoms with Gasteiger partial charge in [-0.3, -0.25) is 4.98 Å². The van der Waals surface area contributed by atoms with Crippen LogP contribution in [0.4, 0.5) is 0 Å². The average Bonchev–Trinajstić information content (AvgIpc) is 2.78. The van der Waals surface area contributed by atoms with Crippen molar-refractivity contribution >= 4 is 5.97 Å². The minimum Gasteiger partial charge on any atom is -0.461 e. The fraction of sp³-hybridized carbons (Fsp3) is 0.250. The van der Waals surface area contributed by atoms with Crippen molar-refractivity contribution in [2.24, 2.45) is 0 Å². The normalized spacial score (nSPS) is 10.2. The van der Waals surface area contributed by atoms with Gasteiger partial charge in [0.1, 0.15) is 0 Å². The topological polar surface area (TPSA) is 65.2 Å². The van der Waals surface area contributed by atoms with Crippen LogP contribution in [0.15, 0.2) is 29.0 Å². The second kappa shape index (κ2) is 4.78. The van der Waals surface area contributed by atoms with Gasteiger partial charge in [0.2, 0.25) is 0 Å². The molecule has 0 aliphatic rings. The van der Waals surface area contributed by atoms with Gasteiger partial charge in [0.15, 0.2) is 11.5 Å². The van der Waals surface area contributed by atoms with Gasteiger partial charge in [0.25, 0.3) is 0 Å². The van der Waals surface area contributed by atoms with Crippen LogP contribution in [0, 0.1) is 6.92 Å². The first kappa shape index (κ1) is 11.3. The lowest BCUT2D eigenvalue weighted by Crippen LogP contribution is -2.04. The van der Waals surface area contributed by atoms with E-state index in [0.717, 1.165) is 11.1 Å². The maximum atomic E-state index is 11.4. The summed E-state index contributed by atoms with van der Waals surface area (Å²) in [6.07, 6.45) is 3.40. The van der Waals surface area contributed by atoms with E-state index in [9.17, 15) is 4.79 Å². The molecule has 17 heavy (non-hydrogen) atoms. The Morgan fingerprint density at radius 2 is 2.24 bits per heavy atom. The van der Waals surface area contributed by atoms with Crippen LogP contribution in [0.3, 0.4) is 0 Å². The van der Waals surface area contributed by atoms with Crippen LogP contribution in [0.5, 0.6) is 0 Å². The standard InChI is InChI=1S/C12H12N2O3/c1-3-16-12(15)10-5-11(17-14-10)9-4-8(2)6-13-7-9/h4-7H,3H2,1-2H3. The van der Waals surface area contributed by atoms with Gasteiger partial charge in [-0.15, -0.1) is 0 Å². The fourth-order valence-corrected chi connectivity index (χ4v) is 1.40. The van der Waals surface area contributed by atoms with Crippen LogP contribution in [-0.2, 0) is 4.74 Å². The summed E-state index contributed by atoms with van der Waals surface area (Å²) in [5.74, 6) is 0.0207. The summed E-state index contributed by atoms with van der Waals surface area (Å²) in [6.45, 7) is 3.98. The Balaban J connectivity index is 2.27. The molecule has 88 valence electrons. The number of carbonyl (C=O) groups is 1. The highest BCUT2D eigenvalue weighted by Gasteiger charge is 2.14. The molecule has 2 aromatic rings. The Morgan fingerprint density at radius 1 is 1.41 bits per heavy atom. The predicted molar refractivity (Wildman–Crippen MR) is 60.4 cm³/mol. The minimum absolute atomic E-state index is 0.170. The molecule has 0 aliphatic heterocycles. The molecule has 0 unspecified atom stereocenters. The second-order valence-corrected chi connectivity index (χ2v) is 3.55. The molecule has 0 saturated heterocycles. The number of aromatic nitrogens is 2. The van der Waals surface area contributed by atoms with Crippen molar-refractivity contribution < 1.29 is 14.1 Å². The zero-order chi connectivity index (χ0) is 12.3. The Labute approximate surface area is 98.4 Å². The maximum Gasteiger partial charge on any atom is 0.360 e. The monoisotopic (exact) mass is 232 g/mol. The van der Waals surface area contributed by atoms with Gasteiger partial charge in [-0.2, -0.15) is 0 Å². The highest BCUT2D eigenvalue weighted by Crippen LogP contribution is 2.20. The fourth-order valence-electron chi connectivity index (χ4n) is 1.40. The Bertz CT molecular complexity index is 534. The average molecular weight is 232 g/mol. The van der Waals surface area contributed by atoms with Crippen molar-refractivity contribution in [3.05, 3.63) is 35.8 Å². The number of pyridine rings is 1. The van der Waals surface area contributed by atoms with Crippen LogP contribution in [-0.4, -0.2) is 22.7 Å². The molecule has 0 aromatic carbocycles. The lowest BCUT2D eigenvalue weighted by Gasteiger charge is -1.95. The van der Waals surface area contributed by atoms with E-state index in [0.29, 0.717) is 12.4 Å². The van der Waals surface area contributed by atoms with E-state index in [-0.39, 0.29) is 5.69 Å². The van der Waals surface area contributed by atoms with E-state index >= 15 is 0 Å². The second-order valence-electron chi connectivity index (χ2n) is 3.55. The number of rotatable bonds is 3. The van der Waals surface area contributed by atoms with Crippen LogP contribution in [0.25, 0.3) is 11.3 Å². The highest BCUT2D eigenvalue weighted by atomic mass is 16.5. The molecule has 0 aliphatic carbocycles. The van der Waals surface area contributed by atoms with Gasteiger partial charge in [0, 0.05) is 24.0 Å². The molecule has 2 rings (SSSR count). The van der Waals surface area contributed by atoms with E-state index in [4.69, 9.17) is 9.26 Å². The zero-order valence-electron chi connectivity index (χ0n) is 9.64. The third-order valence-corrected chi connectivity index (χ3v) is 2.15. The molecule has 2 heterocycles. The maximum absolute atomic E-state index is 11.4. The van der Waals surface area contributed by atoms with E-state index in [1.54, 1.807) is 25.4 Å². The molecule has 0 bridgehead atoms. The largest absolute Gasteiger partial charge is 0.461 e. The van der Waals surface area contributed by atoms with Crippen molar-refractivity contribution in [3.8, 4) is 11.3 Å². The van der Waals surface area contributed by atoms with Gasteiger partial charge in [0.05, 0.1) is 6.61 Å². The van der Waals surface area contributed by atoms with Gasteiger partial charge in [-0.1, -0.05) is 5.16 Å². The Hall–Kier alpha value is -2.17. The molecule has 0 N–H and O–H groups in total. The lowest BCUT2D eigenvalue weighted by molar-refractivity contribution is 0.0514. The van der Waals surface area contributed by atoms with Crippen molar-refractivity contribution in [3.63, 3.8) is 0 Å². The number of hydrogen-bond donors (Lipinski definition) is 0. The zero-order valence-corrected chi connectivity index (χ0v) is 9.64. The van der Waals surface area contributed by atoms with Gasteiger partial charge < -0.3 is 9.26 Å². The number of carbonyl (C=O) groups excluding carboxylic acids is 1. The van der Waals surface area contributed by atoms with Gasteiger partial charge >= 0.3 is 5.97 Å². The molecule has 5 heteroatoms. The number of ether oxygens (including phenoxy) is 1. The molecular formula is C12H12N2O3. The van der Waals surface area contributed by atoms with Gasteiger partial charge in [-0.05, 0) is 25.5 Å². The highest BCUT2D eigenvalue weighted by molar-refractivity contribution is 5.88.